The summed E-state index contributed by atoms with van der Waals surface area (Å²) in [5, 5.41) is 5.68. The molecule has 0 radical (unpaired) electrons. The Morgan fingerprint density at radius 2 is 1.80 bits per heavy atom. The number of nitrogens with zero attached hydrogens (tertiary/aromatic N) is 3. The molecule has 30 heavy (non-hydrogen) atoms. The quantitative estimate of drug-likeness (QED) is 0.505. The largest absolute Gasteiger partial charge is 0.361 e. The predicted molar refractivity (Wildman–Crippen MR) is 119 cm³/mol. The minimum Gasteiger partial charge on any atom is -0.361 e. The van der Waals surface area contributed by atoms with Gasteiger partial charge in [-0.1, -0.05) is 36.4 Å². The van der Waals surface area contributed by atoms with Crippen molar-refractivity contribution < 1.29 is 4.79 Å². The molecule has 0 spiro atoms. The predicted octanol–water partition coefficient (Wildman–Crippen LogP) is 4.77. The van der Waals surface area contributed by atoms with E-state index in [0.29, 0.717) is 5.92 Å². The van der Waals surface area contributed by atoms with Gasteiger partial charge in [0.15, 0.2) is 0 Å². The molecule has 2 aromatic heterocycles. The highest BCUT2D eigenvalue weighted by atomic mass is 16.2. The SMILES string of the molecule is O=C(/C=C/c1cnn(-c2ccccc2)c1)N1CCC(c2c[nH]c3ccccc23)CC1. The van der Waals surface area contributed by atoms with Gasteiger partial charge in [-0.25, -0.2) is 4.68 Å². The molecule has 1 aliphatic heterocycles. The van der Waals surface area contributed by atoms with Crippen molar-refractivity contribution in [1.82, 2.24) is 19.7 Å². The molecule has 3 heterocycles. The molecule has 0 saturated carbocycles. The number of para-hydroxylation sites is 2. The molecule has 0 atom stereocenters. The van der Waals surface area contributed by atoms with E-state index >= 15 is 0 Å². The number of carbonyl (C=O) groups excluding carboxylic acids is 1. The molecule has 0 aliphatic carbocycles. The Morgan fingerprint density at radius 3 is 2.63 bits per heavy atom. The third kappa shape index (κ3) is 3.66. The summed E-state index contributed by atoms with van der Waals surface area (Å²) in [7, 11) is 0. The second-order valence-electron chi connectivity index (χ2n) is 7.78. The van der Waals surface area contributed by atoms with Crippen molar-refractivity contribution in [2.45, 2.75) is 18.8 Å². The van der Waals surface area contributed by atoms with Gasteiger partial charge in [0.1, 0.15) is 0 Å². The van der Waals surface area contributed by atoms with Gasteiger partial charge < -0.3 is 9.88 Å². The molecule has 0 unspecified atom stereocenters. The Labute approximate surface area is 175 Å². The van der Waals surface area contributed by atoms with Crippen molar-refractivity contribution in [2.24, 2.45) is 0 Å². The van der Waals surface area contributed by atoms with E-state index in [1.165, 1.54) is 16.5 Å². The smallest absolute Gasteiger partial charge is 0.246 e. The normalized spacial score (nSPS) is 15.3. The number of piperidine rings is 1. The van der Waals surface area contributed by atoms with Gasteiger partial charge in [-0.15, -0.1) is 0 Å². The molecule has 1 aliphatic rings. The number of hydrogen-bond donors (Lipinski definition) is 1. The van der Waals surface area contributed by atoms with Crippen molar-refractivity contribution in [2.75, 3.05) is 13.1 Å². The van der Waals surface area contributed by atoms with Crippen LogP contribution in [0.4, 0.5) is 0 Å². The Kier molecular flexibility index (Phi) is 4.93. The minimum absolute atomic E-state index is 0.0693. The topological polar surface area (TPSA) is 53.9 Å². The van der Waals surface area contributed by atoms with Crippen LogP contribution in [-0.2, 0) is 4.79 Å². The molecule has 1 N–H and O–H groups in total. The Bertz CT molecular complexity index is 1180. The van der Waals surface area contributed by atoms with Crippen molar-refractivity contribution in [3.8, 4) is 5.69 Å². The highest BCUT2D eigenvalue weighted by molar-refractivity contribution is 5.91. The molecular weight excluding hydrogens is 372 g/mol. The number of fused-ring (bicyclic) bond motifs is 1. The Morgan fingerprint density at radius 1 is 1.03 bits per heavy atom. The van der Waals surface area contributed by atoms with Crippen LogP contribution in [0.2, 0.25) is 0 Å². The molecular formula is C25H24N4O. The van der Waals surface area contributed by atoms with Gasteiger partial charge in [0.05, 0.1) is 11.9 Å². The number of aromatic nitrogens is 3. The third-order valence-corrected chi connectivity index (χ3v) is 5.91. The Hall–Kier alpha value is -3.60. The van der Waals surface area contributed by atoms with Crippen LogP contribution in [0.5, 0.6) is 0 Å². The van der Waals surface area contributed by atoms with E-state index in [1.807, 2.05) is 52.2 Å². The van der Waals surface area contributed by atoms with E-state index in [2.05, 4.69) is 40.5 Å². The van der Waals surface area contributed by atoms with Crippen LogP contribution in [-0.4, -0.2) is 38.7 Å². The summed E-state index contributed by atoms with van der Waals surface area (Å²) in [6.45, 7) is 1.58. The lowest BCUT2D eigenvalue weighted by molar-refractivity contribution is -0.126. The van der Waals surface area contributed by atoms with Crippen LogP contribution in [0.15, 0.2) is 79.3 Å². The van der Waals surface area contributed by atoms with E-state index in [1.54, 1.807) is 12.3 Å². The fourth-order valence-corrected chi connectivity index (χ4v) is 4.26. The van der Waals surface area contributed by atoms with Gasteiger partial charge in [-0.05, 0) is 48.6 Å². The second kappa shape index (κ2) is 8.03. The standard InChI is InChI=1S/C25H24N4O/c30-25(11-10-19-16-27-29(18-19)21-6-2-1-3-7-21)28-14-12-20(13-15-28)23-17-26-24-9-5-4-8-22(23)24/h1-11,16-18,20,26H,12-15H2/b11-10+. The molecule has 4 aromatic rings. The first kappa shape index (κ1) is 18.4. The van der Waals surface area contributed by atoms with E-state index < -0.39 is 0 Å². The molecule has 5 rings (SSSR count). The van der Waals surface area contributed by atoms with Crippen LogP contribution >= 0.6 is 0 Å². The lowest BCUT2D eigenvalue weighted by atomic mass is 9.89. The first-order valence-electron chi connectivity index (χ1n) is 10.4. The number of carbonyl (C=O) groups is 1. The van der Waals surface area contributed by atoms with Crippen molar-refractivity contribution in [1.29, 1.82) is 0 Å². The third-order valence-electron chi connectivity index (χ3n) is 5.91. The summed E-state index contributed by atoms with van der Waals surface area (Å²) in [5.74, 6) is 0.568. The number of amides is 1. The van der Waals surface area contributed by atoms with Crippen LogP contribution in [0.1, 0.15) is 29.9 Å². The van der Waals surface area contributed by atoms with Gasteiger partial charge in [0.25, 0.3) is 0 Å². The monoisotopic (exact) mass is 396 g/mol. The van der Waals surface area contributed by atoms with Crippen LogP contribution < -0.4 is 0 Å². The average Bonchev–Trinajstić information content (AvgIpc) is 3.46. The summed E-state index contributed by atoms with van der Waals surface area (Å²) in [5.41, 5.74) is 4.48. The summed E-state index contributed by atoms with van der Waals surface area (Å²) < 4.78 is 1.82. The maximum absolute atomic E-state index is 12.7. The van der Waals surface area contributed by atoms with E-state index in [-0.39, 0.29) is 5.91 Å². The molecule has 5 nitrogen and oxygen atoms in total. The zero-order chi connectivity index (χ0) is 20.3. The van der Waals surface area contributed by atoms with Crippen molar-refractivity contribution in [3.05, 3.63) is 90.4 Å². The molecule has 1 amide bonds. The molecule has 0 bridgehead atoms. The number of aromatic amines is 1. The Balaban J connectivity index is 1.20. The number of hydrogen-bond acceptors (Lipinski definition) is 2. The first-order valence-corrected chi connectivity index (χ1v) is 10.4. The van der Waals surface area contributed by atoms with Gasteiger partial charge in [-0.3, -0.25) is 4.79 Å². The van der Waals surface area contributed by atoms with Crippen LogP contribution in [0.25, 0.3) is 22.7 Å². The van der Waals surface area contributed by atoms with E-state index in [9.17, 15) is 4.79 Å². The molecule has 2 aromatic carbocycles. The number of nitrogens with one attached hydrogen (secondary N) is 1. The van der Waals surface area contributed by atoms with Crippen LogP contribution in [0.3, 0.4) is 0 Å². The molecule has 1 saturated heterocycles. The summed E-state index contributed by atoms with van der Waals surface area (Å²) in [6, 6.07) is 18.4. The van der Waals surface area contributed by atoms with Crippen molar-refractivity contribution in [3.63, 3.8) is 0 Å². The zero-order valence-corrected chi connectivity index (χ0v) is 16.7. The van der Waals surface area contributed by atoms with Gasteiger partial charge in [0.2, 0.25) is 5.91 Å². The maximum Gasteiger partial charge on any atom is 0.246 e. The van der Waals surface area contributed by atoms with Gasteiger partial charge in [0, 0.05) is 48.0 Å². The van der Waals surface area contributed by atoms with E-state index in [4.69, 9.17) is 0 Å². The second-order valence-corrected chi connectivity index (χ2v) is 7.78. The van der Waals surface area contributed by atoms with Gasteiger partial charge in [-0.2, -0.15) is 5.10 Å². The molecule has 5 heteroatoms. The highest BCUT2D eigenvalue weighted by Crippen LogP contribution is 2.33. The fourth-order valence-electron chi connectivity index (χ4n) is 4.26. The molecule has 150 valence electrons. The van der Waals surface area contributed by atoms with Crippen molar-refractivity contribution >= 4 is 22.9 Å². The maximum atomic E-state index is 12.7. The number of benzene rings is 2. The number of H-pyrrole nitrogens is 1. The lowest BCUT2D eigenvalue weighted by Gasteiger charge is -2.31. The average molecular weight is 396 g/mol. The number of rotatable bonds is 4. The summed E-state index contributed by atoms with van der Waals surface area (Å²) in [4.78, 5) is 18.0. The molecule has 1 fully saturated rings. The van der Waals surface area contributed by atoms with Gasteiger partial charge >= 0.3 is 0 Å². The highest BCUT2D eigenvalue weighted by Gasteiger charge is 2.24. The summed E-state index contributed by atoms with van der Waals surface area (Å²) >= 11 is 0. The fraction of sp³-hybridized carbons (Fsp3) is 0.200. The summed E-state index contributed by atoms with van der Waals surface area (Å²) in [6.07, 6.45) is 11.3. The zero-order valence-electron chi connectivity index (χ0n) is 16.7. The number of likely N-dealkylation sites (tertiary alicyclic amines) is 1. The first-order chi connectivity index (χ1) is 14.8. The lowest BCUT2D eigenvalue weighted by Crippen LogP contribution is -2.36. The van der Waals surface area contributed by atoms with Crippen LogP contribution in [0, 0.1) is 0 Å². The van der Waals surface area contributed by atoms with E-state index in [0.717, 1.165) is 37.2 Å². The minimum atomic E-state index is 0.0693.